The Labute approximate surface area is 74.4 Å². The number of nitrogens with zero attached hydrogens (tertiary/aromatic N) is 3. The van der Waals surface area contributed by atoms with Gasteiger partial charge in [0.1, 0.15) is 6.33 Å². The van der Waals surface area contributed by atoms with Crippen LogP contribution >= 0.6 is 0 Å². The van der Waals surface area contributed by atoms with Crippen LogP contribution in [0, 0.1) is 6.92 Å². The number of rotatable bonds is 1. The van der Waals surface area contributed by atoms with Crippen molar-refractivity contribution in [2.45, 2.75) is 20.3 Å². The maximum atomic E-state index is 11.1. The lowest BCUT2D eigenvalue weighted by molar-refractivity contribution is 0.935. The average molecular weight is 178 g/mol. The first-order valence-corrected chi connectivity index (χ1v) is 4.15. The van der Waals surface area contributed by atoms with Gasteiger partial charge in [-0.1, -0.05) is 6.92 Å². The lowest BCUT2D eigenvalue weighted by Crippen LogP contribution is -2.10. The molecule has 68 valence electrons. The van der Waals surface area contributed by atoms with Crippen molar-refractivity contribution in [1.29, 1.82) is 0 Å². The number of hydrogen-bond donors (Lipinski definition) is 1. The molecule has 5 nitrogen and oxygen atoms in total. The molecule has 0 unspecified atom stereocenters. The zero-order valence-corrected chi connectivity index (χ0v) is 7.53. The van der Waals surface area contributed by atoms with Gasteiger partial charge >= 0.3 is 5.69 Å². The maximum Gasteiger partial charge on any atom is 0.348 e. The first kappa shape index (κ1) is 7.97. The third kappa shape index (κ3) is 1.04. The number of aryl methyl sites for hydroxylation is 2. The Morgan fingerprint density at radius 1 is 1.62 bits per heavy atom. The van der Waals surface area contributed by atoms with E-state index in [1.54, 1.807) is 0 Å². The van der Waals surface area contributed by atoms with E-state index in [1.165, 1.54) is 10.7 Å². The Bertz CT molecular complexity index is 496. The molecule has 2 aromatic rings. The smallest absolute Gasteiger partial charge is 0.246 e. The van der Waals surface area contributed by atoms with Crippen LogP contribution in [0.3, 0.4) is 0 Å². The molecule has 5 heteroatoms. The molecule has 13 heavy (non-hydrogen) atoms. The van der Waals surface area contributed by atoms with Gasteiger partial charge in [-0.2, -0.15) is 5.10 Å². The lowest BCUT2D eigenvalue weighted by atomic mass is 10.2. The molecule has 0 aliphatic rings. The van der Waals surface area contributed by atoms with Crippen molar-refractivity contribution in [2.24, 2.45) is 0 Å². The van der Waals surface area contributed by atoms with Crippen LogP contribution in [0.2, 0.25) is 0 Å². The Kier molecular flexibility index (Phi) is 1.65. The Morgan fingerprint density at radius 3 is 3.08 bits per heavy atom. The van der Waals surface area contributed by atoms with Crippen LogP contribution in [0.15, 0.2) is 11.1 Å². The minimum atomic E-state index is -0.242. The van der Waals surface area contributed by atoms with Gasteiger partial charge in [0.2, 0.25) is 0 Å². The highest BCUT2D eigenvalue weighted by molar-refractivity contribution is 5.47. The van der Waals surface area contributed by atoms with Gasteiger partial charge < -0.3 is 0 Å². The monoisotopic (exact) mass is 178 g/mol. The van der Waals surface area contributed by atoms with Crippen LogP contribution in [0.5, 0.6) is 0 Å². The normalized spacial score (nSPS) is 10.9. The van der Waals surface area contributed by atoms with E-state index < -0.39 is 0 Å². The summed E-state index contributed by atoms with van der Waals surface area (Å²) in [6.45, 7) is 3.94. The molecule has 2 heterocycles. The molecule has 0 bridgehead atoms. The molecule has 0 fully saturated rings. The molecule has 0 aliphatic carbocycles. The van der Waals surface area contributed by atoms with Crippen LogP contribution in [0.25, 0.3) is 5.65 Å². The van der Waals surface area contributed by atoms with Crippen LogP contribution < -0.4 is 5.69 Å². The highest BCUT2D eigenvalue weighted by Crippen LogP contribution is 2.08. The molecule has 0 saturated heterocycles. The van der Waals surface area contributed by atoms with E-state index in [-0.39, 0.29) is 5.69 Å². The van der Waals surface area contributed by atoms with Gasteiger partial charge in [0.05, 0.1) is 0 Å². The van der Waals surface area contributed by atoms with Gasteiger partial charge in [-0.3, -0.25) is 0 Å². The minimum Gasteiger partial charge on any atom is -0.246 e. The van der Waals surface area contributed by atoms with Gasteiger partial charge in [0.15, 0.2) is 5.65 Å². The van der Waals surface area contributed by atoms with Crippen LogP contribution in [-0.2, 0) is 6.42 Å². The van der Waals surface area contributed by atoms with E-state index in [1.807, 2.05) is 13.8 Å². The first-order chi connectivity index (χ1) is 6.24. The zero-order valence-electron chi connectivity index (χ0n) is 7.53. The largest absolute Gasteiger partial charge is 0.348 e. The third-order valence-electron chi connectivity index (χ3n) is 2.14. The number of nitrogens with one attached hydrogen (secondary N) is 1. The predicted octanol–water partition coefficient (Wildman–Crippen LogP) is 0.288. The molecule has 0 saturated carbocycles. The van der Waals surface area contributed by atoms with Crippen molar-refractivity contribution in [2.75, 3.05) is 0 Å². The fourth-order valence-electron chi connectivity index (χ4n) is 1.39. The van der Waals surface area contributed by atoms with Gasteiger partial charge in [0, 0.05) is 11.3 Å². The van der Waals surface area contributed by atoms with Gasteiger partial charge in [-0.05, 0) is 13.3 Å². The first-order valence-electron chi connectivity index (χ1n) is 4.15. The standard InChI is InChI=1S/C8H10N4O/c1-3-6-5(2)7-10-11-8(13)12(7)4-9-6/h4H,3H2,1-2H3,(H,11,13). The van der Waals surface area contributed by atoms with Crippen LogP contribution in [-0.4, -0.2) is 19.6 Å². The van der Waals surface area contributed by atoms with Crippen molar-refractivity contribution in [3.05, 3.63) is 28.1 Å². The predicted molar refractivity (Wildman–Crippen MR) is 47.7 cm³/mol. The number of fused-ring (bicyclic) bond motifs is 1. The highest BCUT2D eigenvalue weighted by atomic mass is 16.1. The van der Waals surface area contributed by atoms with Crippen LogP contribution in [0.1, 0.15) is 18.2 Å². The van der Waals surface area contributed by atoms with Crippen molar-refractivity contribution in [1.82, 2.24) is 19.6 Å². The summed E-state index contributed by atoms with van der Waals surface area (Å²) >= 11 is 0. The summed E-state index contributed by atoms with van der Waals surface area (Å²) in [5, 5.41) is 6.30. The summed E-state index contributed by atoms with van der Waals surface area (Å²) in [5.41, 5.74) is 2.36. The molecule has 0 radical (unpaired) electrons. The van der Waals surface area contributed by atoms with E-state index in [2.05, 4.69) is 15.2 Å². The Balaban J connectivity index is 2.88. The fraction of sp³-hybridized carbons (Fsp3) is 0.375. The Hall–Kier alpha value is -1.65. The van der Waals surface area contributed by atoms with E-state index in [4.69, 9.17) is 0 Å². The molecular formula is C8H10N4O. The minimum absolute atomic E-state index is 0.242. The summed E-state index contributed by atoms with van der Waals surface area (Å²) in [6.07, 6.45) is 2.36. The Morgan fingerprint density at radius 2 is 2.38 bits per heavy atom. The van der Waals surface area contributed by atoms with Gasteiger partial charge in [-0.15, -0.1) is 0 Å². The summed E-state index contributed by atoms with van der Waals surface area (Å²) in [6, 6.07) is 0. The molecule has 0 amide bonds. The molecule has 0 aliphatic heterocycles. The highest BCUT2D eigenvalue weighted by Gasteiger charge is 2.06. The summed E-state index contributed by atoms with van der Waals surface area (Å²) in [7, 11) is 0. The molecule has 1 N–H and O–H groups in total. The summed E-state index contributed by atoms with van der Waals surface area (Å²) < 4.78 is 1.41. The summed E-state index contributed by atoms with van der Waals surface area (Å²) in [4.78, 5) is 15.3. The zero-order chi connectivity index (χ0) is 9.42. The van der Waals surface area contributed by atoms with Crippen molar-refractivity contribution in [3.8, 4) is 0 Å². The quantitative estimate of drug-likeness (QED) is 0.682. The van der Waals surface area contributed by atoms with Crippen molar-refractivity contribution in [3.63, 3.8) is 0 Å². The molecular weight excluding hydrogens is 168 g/mol. The third-order valence-corrected chi connectivity index (χ3v) is 2.14. The molecule has 0 aromatic carbocycles. The number of H-pyrrole nitrogens is 1. The second-order valence-corrected chi connectivity index (χ2v) is 2.89. The topological polar surface area (TPSA) is 63.1 Å². The van der Waals surface area contributed by atoms with E-state index in [0.717, 1.165) is 17.7 Å². The number of aromatic nitrogens is 4. The van der Waals surface area contributed by atoms with Gasteiger partial charge in [-0.25, -0.2) is 19.3 Å². The lowest BCUT2D eigenvalue weighted by Gasteiger charge is -2.00. The summed E-state index contributed by atoms with van der Waals surface area (Å²) in [5.74, 6) is 0. The molecule has 0 spiro atoms. The average Bonchev–Trinajstić information content (AvgIpc) is 2.50. The van der Waals surface area contributed by atoms with Crippen molar-refractivity contribution < 1.29 is 0 Å². The van der Waals surface area contributed by atoms with Crippen molar-refractivity contribution >= 4 is 5.65 Å². The second-order valence-electron chi connectivity index (χ2n) is 2.89. The fourth-order valence-corrected chi connectivity index (χ4v) is 1.39. The molecule has 0 atom stereocenters. The number of aromatic amines is 1. The maximum absolute atomic E-state index is 11.1. The van der Waals surface area contributed by atoms with Gasteiger partial charge in [0.25, 0.3) is 0 Å². The number of hydrogen-bond acceptors (Lipinski definition) is 3. The molecule has 2 aromatic heterocycles. The second kappa shape index (κ2) is 2.69. The molecule has 2 rings (SSSR count). The van der Waals surface area contributed by atoms with E-state index >= 15 is 0 Å². The van der Waals surface area contributed by atoms with E-state index in [9.17, 15) is 4.79 Å². The van der Waals surface area contributed by atoms with Crippen LogP contribution in [0.4, 0.5) is 0 Å². The SMILES string of the molecule is CCc1ncn2c(=O)[nH]nc2c1C. The van der Waals surface area contributed by atoms with E-state index in [0.29, 0.717) is 5.65 Å².